The van der Waals surface area contributed by atoms with Gasteiger partial charge in [-0.3, -0.25) is 9.00 Å². The van der Waals surface area contributed by atoms with E-state index in [1.807, 2.05) is 60.7 Å². The third-order valence-electron chi connectivity index (χ3n) is 6.64. The maximum atomic E-state index is 13.5. The molecule has 0 aromatic heterocycles. The van der Waals surface area contributed by atoms with Gasteiger partial charge in [0.2, 0.25) is 0 Å². The quantitative estimate of drug-likeness (QED) is 0.222. The van der Waals surface area contributed by atoms with Crippen molar-refractivity contribution in [2.75, 3.05) is 0 Å². The molecule has 0 radical (unpaired) electrons. The highest BCUT2D eigenvalue weighted by atomic mass is 32.2. The van der Waals surface area contributed by atoms with Gasteiger partial charge in [-0.15, -0.1) is 0 Å². The van der Waals surface area contributed by atoms with E-state index in [4.69, 9.17) is 4.74 Å². The highest BCUT2D eigenvalue weighted by Crippen LogP contribution is 2.43. The zero-order valence-electron chi connectivity index (χ0n) is 20.1. The lowest BCUT2D eigenvalue weighted by atomic mass is 9.99. The molecule has 2 aromatic rings. The molecule has 4 heteroatoms. The predicted molar refractivity (Wildman–Crippen MR) is 137 cm³/mol. The standard InChI is InChI=1S/C29H40O3S/c1-2-3-4-5-6-7-8-9-16-21-29(30)32-26-22-27(24-17-12-10-13-18-24)33(31)28(23-26)25-19-14-11-15-20-25/h10-15,17-20,26-28H,2-9,16,21-23H2,1H3. The Labute approximate surface area is 202 Å². The van der Waals surface area contributed by atoms with Gasteiger partial charge in [-0.2, -0.15) is 0 Å². The van der Waals surface area contributed by atoms with Crippen LogP contribution in [0, 0.1) is 0 Å². The van der Waals surface area contributed by atoms with Crippen LogP contribution in [0.4, 0.5) is 0 Å². The first-order chi connectivity index (χ1) is 16.2. The first kappa shape index (κ1) is 25.7. The number of carbonyl (C=O) groups is 1. The molecule has 0 saturated carbocycles. The Morgan fingerprint density at radius 1 is 0.758 bits per heavy atom. The van der Waals surface area contributed by atoms with Gasteiger partial charge in [-0.1, -0.05) is 119 Å². The molecule has 0 N–H and O–H groups in total. The van der Waals surface area contributed by atoms with Crippen LogP contribution in [0.25, 0.3) is 0 Å². The van der Waals surface area contributed by atoms with E-state index in [2.05, 4.69) is 6.92 Å². The molecule has 1 aliphatic heterocycles. The van der Waals surface area contributed by atoms with E-state index in [1.165, 1.54) is 44.9 Å². The van der Waals surface area contributed by atoms with Crippen molar-refractivity contribution in [2.45, 2.75) is 101 Å². The van der Waals surface area contributed by atoms with Gasteiger partial charge in [0, 0.05) is 30.1 Å². The minimum Gasteiger partial charge on any atom is -0.462 e. The smallest absolute Gasteiger partial charge is 0.306 e. The summed E-state index contributed by atoms with van der Waals surface area (Å²) in [7, 11) is -1.06. The van der Waals surface area contributed by atoms with Crippen LogP contribution >= 0.6 is 0 Å². The average Bonchev–Trinajstić information content (AvgIpc) is 2.85. The first-order valence-corrected chi connectivity index (χ1v) is 14.2. The van der Waals surface area contributed by atoms with Crippen molar-refractivity contribution in [1.82, 2.24) is 0 Å². The summed E-state index contributed by atoms with van der Waals surface area (Å²) in [6.07, 6.45) is 12.6. The van der Waals surface area contributed by atoms with Crippen molar-refractivity contribution in [3.8, 4) is 0 Å². The molecule has 2 aromatic carbocycles. The van der Waals surface area contributed by atoms with E-state index in [1.54, 1.807) is 0 Å². The minimum absolute atomic E-state index is 0.103. The fourth-order valence-corrected chi connectivity index (χ4v) is 6.81. The van der Waals surface area contributed by atoms with Crippen LogP contribution in [-0.4, -0.2) is 16.3 Å². The number of unbranched alkanes of at least 4 members (excludes halogenated alkanes) is 8. The van der Waals surface area contributed by atoms with Gasteiger partial charge in [0.05, 0.1) is 10.5 Å². The number of hydrogen-bond donors (Lipinski definition) is 0. The summed E-state index contributed by atoms with van der Waals surface area (Å²) in [5.74, 6) is -0.103. The zero-order chi connectivity index (χ0) is 23.3. The average molecular weight is 469 g/mol. The van der Waals surface area contributed by atoms with Crippen molar-refractivity contribution in [1.29, 1.82) is 0 Å². The Morgan fingerprint density at radius 3 is 1.70 bits per heavy atom. The summed E-state index contributed by atoms with van der Waals surface area (Å²) < 4.78 is 19.4. The molecule has 1 fully saturated rings. The topological polar surface area (TPSA) is 43.4 Å². The van der Waals surface area contributed by atoms with Gasteiger partial charge in [-0.05, 0) is 17.5 Å². The lowest BCUT2D eigenvalue weighted by Gasteiger charge is -2.34. The fraction of sp³-hybridized carbons (Fsp3) is 0.552. The molecule has 2 unspecified atom stereocenters. The third kappa shape index (κ3) is 8.41. The molecule has 3 nitrogen and oxygen atoms in total. The number of ether oxygens (including phenoxy) is 1. The summed E-state index contributed by atoms with van der Waals surface area (Å²) in [6, 6.07) is 20.1. The molecule has 0 aliphatic carbocycles. The molecule has 1 heterocycles. The van der Waals surface area contributed by atoms with Crippen LogP contribution < -0.4 is 0 Å². The highest BCUT2D eigenvalue weighted by molar-refractivity contribution is 7.85. The van der Waals surface area contributed by atoms with Crippen LogP contribution in [0.1, 0.15) is 106 Å². The van der Waals surface area contributed by atoms with E-state index in [-0.39, 0.29) is 22.6 Å². The molecule has 0 spiro atoms. The molecule has 1 saturated heterocycles. The second-order valence-electron chi connectivity index (χ2n) is 9.29. The fourth-order valence-electron chi connectivity index (χ4n) is 4.76. The van der Waals surface area contributed by atoms with Crippen molar-refractivity contribution in [2.24, 2.45) is 0 Å². The van der Waals surface area contributed by atoms with E-state index in [0.717, 1.165) is 24.0 Å². The highest BCUT2D eigenvalue weighted by Gasteiger charge is 2.38. The summed E-state index contributed by atoms with van der Waals surface area (Å²) in [5.41, 5.74) is 2.13. The number of hydrogen-bond acceptors (Lipinski definition) is 3. The molecule has 0 bridgehead atoms. The lowest BCUT2D eigenvalue weighted by Crippen LogP contribution is -2.32. The van der Waals surface area contributed by atoms with E-state index in [9.17, 15) is 9.00 Å². The van der Waals surface area contributed by atoms with Crippen LogP contribution in [0.15, 0.2) is 60.7 Å². The number of esters is 1. The largest absolute Gasteiger partial charge is 0.462 e. The van der Waals surface area contributed by atoms with Crippen LogP contribution in [-0.2, 0) is 20.3 Å². The second kappa shape index (κ2) is 14.3. The maximum absolute atomic E-state index is 13.5. The van der Waals surface area contributed by atoms with Gasteiger partial charge in [0.15, 0.2) is 0 Å². The molecule has 3 rings (SSSR count). The molecular weight excluding hydrogens is 428 g/mol. The SMILES string of the molecule is CCCCCCCCCCCC(=O)OC1CC(c2ccccc2)S(=O)C(c2ccccc2)C1. The first-order valence-electron chi connectivity index (χ1n) is 12.9. The maximum Gasteiger partial charge on any atom is 0.306 e. The monoisotopic (exact) mass is 468 g/mol. The summed E-state index contributed by atoms with van der Waals surface area (Å²) in [5, 5.41) is -0.230. The molecule has 2 atom stereocenters. The van der Waals surface area contributed by atoms with Gasteiger partial charge in [0.1, 0.15) is 6.10 Å². The summed E-state index contributed by atoms with van der Waals surface area (Å²) in [4.78, 5) is 12.6. The van der Waals surface area contributed by atoms with Crippen molar-refractivity contribution in [3.63, 3.8) is 0 Å². The Hall–Kier alpha value is -1.94. The van der Waals surface area contributed by atoms with E-state index in [0.29, 0.717) is 19.3 Å². The number of rotatable bonds is 13. The van der Waals surface area contributed by atoms with E-state index >= 15 is 0 Å². The lowest BCUT2D eigenvalue weighted by molar-refractivity contribution is -0.150. The van der Waals surface area contributed by atoms with Gasteiger partial charge in [-0.25, -0.2) is 0 Å². The third-order valence-corrected chi connectivity index (χ3v) is 8.69. The predicted octanol–water partition coefficient (Wildman–Crippen LogP) is 7.84. The van der Waals surface area contributed by atoms with Crippen LogP contribution in [0.3, 0.4) is 0 Å². The Morgan fingerprint density at radius 2 is 1.21 bits per heavy atom. The minimum atomic E-state index is -1.06. The normalized spacial score (nSPS) is 22.7. The molecule has 33 heavy (non-hydrogen) atoms. The Balaban J connectivity index is 1.50. The Kier molecular flexibility index (Phi) is 11.2. The van der Waals surface area contributed by atoms with Crippen molar-refractivity contribution >= 4 is 16.8 Å². The number of benzene rings is 2. The molecule has 180 valence electrons. The molecule has 0 amide bonds. The summed E-state index contributed by atoms with van der Waals surface area (Å²) in [6.45, 7) is 2.25. The van der Waals surface area contributed by atoms with Gasteiger partial charge >= 0.3 is 5.97 Å². The van der Waals surface area contributed by atoms with Crippen molar-refractivity contribution in [3.05, 3.63) is 71.8 Å². The van der Waals surface area contributed by atoms with Crippen LogP contribution in [0.5, 0.6) is 0 Å². The zero-order valence-corrected chi connectivity index (χ0v) is 20.9. The van der Waals surface area contributed by atoms with E-state index < -0.39 is 10.8 Å². The van der Waals surface area contributed by atoms with Crippen LogP contribution in [0.2, 0.25) is 0 Å². The number of carbonyl (C=O) groups excluding carboxylic acids is 1. The second-order valence-corrected chi connectivity index (χ2v) is 11.1. The van der Waals surface area contributed by atoms with Gasteiger partial charge < -0.3 is 4.74 Å². The van der Waals surface area contributed by atoms with Gasteiger partial charge in [0.25, 0.3) is 0 Å². The van der Waals surface area contributed by atoms with Crippen molar-refractivity contribution < 1.29 is 13.7 Å². The summed E-state index contributed by atoms with van der Waals surface area (Å²) >= 11 is 0. The molecule has 1 aliphatic rings. The molecular formula is C29H40O3S. The Bertz CT molecular complexity index is 785.